The molecule has 1 amide bonds. The highest BCUT2D eigenvalue weighted by Crippen LogP contribution is 2.16. The van der Waals surface area contributed by atoms with Crippen LogP contribution in [0.15, 0.2) is 30.3 Å². The Bertz CT molecular complexity index is 417. The number of hydrogen-bond donors (Lipinski definition) is 1. The van der Waals surface area contributed by atoms with Crippen LogP contribution < -0.4 is 4.90 Å². The van der Waals surface area contributed by atoms with Gasteiger partial charge < -0.3 is 5.11 Å². The zero-order valence-corrected chi connectivity index (χ0v) is 11.1. The van der Waals surface area contributed by atoms with Crippen LogP contribution in [0.3, 0.4) is 0 Å². The summed E-state index contributed by atoms with van der Waals surface area (Å²) in [6.07, 6.45) is 0. The molecule has 0 saturated carbocycles. The summed E-state index contributed by atoms with van der Waals surface area (Å²) in [6, 6.07) is 11.1. The second kappa shape index (κ2) is 7.75. The molecule has 1 N–H and O–H groups in total. The first-order valence-electron chi connectivity index (χ1n) is 5.64. The van der Waals surface area contributed by atoms with Crippen LogP contribution in [0.25, 0.3) is 0 Å². The summed E-state index contributed by atoms with van der Waals surface area (Å²) in [5.74, 6) is 0.145. The molecule has 0 aliphatic heterocycles. The number of amides is 1. The summed E-state index contributed by atoms with van der Waals surface area (Å²) < 4.78 is 0. The summed E-state index contributed by atoms with van der Waals surface area (Å²) in [5, 5.41) is 17.7. The second-order valence-electron chi connectivity index (χ2n) is 3.78. The number of hydrogen-bond acceptors (Lipinski definition) is 4. The number of nitriles is 1. The molecular weight excluding hydrogens is 248 g/mol. The Morgan fingerprint density at radius 3 is 2.72 bits per heavy atom. The van der Waals surface area contributed by atoms with Crippen molar-refractivity contribution in [1.29, 1.82) is 5.26 Å². The van der Waals surface area contributed by atoms with Gasteiger partial charge in [-0.2, -0.15) is 5.26 Å². The fourth-order valence-electron chi connectivity index (χ4n) is 1.35. The van der Waals surface area contributed by atoms with E-state index in [4.69, 9.17) is 10.4 Å². The van der Waals surface area contributed by atoms with Crippen LogP contribution in [0.1, 0.15) is 6.92 Å². The van der Waals surface area contributed by atoms with Crippen LogP contribution in [0.4, 0.5) is 5.69 Å². The number of carbonyl (C=O) groups is 1. The summed E-state index contributed by atoms with van der Waals surface area (Å²) in [6.45, 7) is 1.94. The maximum atomic E-state index is 12.0. The largest absolute Gasteiger partial charge is 0.395 e. The van der Waals surface area contributed by atoms with Crippen molar-refractivity contribution in [2.24, 2.45) is 0 Å². The minimum absolute atomic E-state index is 0.0219. The Hall–Kier alpha value is -1.51. The fraction of sp³-hybridized carbons (Fsp3) is 0.385. The smallest absolute Gasteiger partial charge is 0.237 e. The van der Waals surface area contributed by atoms with Crippen molar-refractivity contribution >= 4 is 23.4 Å². The molecule has 0 bridgehead atoms. The maximum absolute atomic E-state index is 12.0. The normalized spacial score (nSPS) is 11.6. The number of nitrogens with zero attached hydrogens (tertiary/aromatic N) is 2. The van der Waals surface area contributed by atoms with Gasteiger partial charge in [-0.1, -0.05) is 25.1 Å². The van der Waals surface area contributed by atoms with E-state index in [0.29, 0.717) is 0 Å². The van der Waals surface area contributed by atoms with Crippen molar-refractivity contribution in [3.63, 3.8) is 0 Å². The first-order chi connectivity index (χ1) is 8.69. The molecule has 1 aromatic rings. The number of anilines is 1. The van der Waals surface area contributed by atoms with Crippen LogP contribution in [-0.4, -0.2) is 35.2 Å². The third-order valence-electron chi connectivity index (χ3n) is 2.35. The van der Waals surface area contributed by atoms with Crippen LogP contribution in [-0.2, 0) is 4.79 Å². The minimum Gasteiger partial charge on any atom is -0.395 e. The molecule has 18 heavy (non-hydrogen) atoms. The molecule has 5 heteroatoms. The highest BCUT2D eigenvalue weighted by atomic mass is 32.2. The van der Waals surface area contributed by atoms with Crippen molar-refractivity contribution in [2.45, 2.75) is 12.2 Å². The second-order valence-corrected chi connectivity index (χ2v) is 5.20. The van der Waals surface area contributed by atoms with E-state index in [-0.39, 0.29) is 30.1 Å². The van der Waals surface area contributed by atoms with E-state index < -0.39 is 0 Å². The highest BCUT2D eigenvalue weighted by Gasteiger charge is 2.16. The molecule has 0 fully saturated rings. The molecule has 1 aromatic carbocycles. The lowest BCUT2D eigenvalue weighted by Gasteiger charge is -2.20. The van der Waals surface area contributed by atoms with Crippen LogP contribution in [0, 0.1) is 11.3 Å². The molecule has 4 nitrogen and oxygen atoms in total. The zero-order valence-electron chi connectivity index (χ0n) is 10.2. The van der Waals surface area contributed by atoms with E-state index in [1.165, 1.54) is 16.7 Å². The van der Waals surface area contributed by atoms with Gasteiger partial charge in [0.15, 0.2) is 0 Å². The lowest BCUT2D eigenvalue weighted by atomic mass is 10.3. The third kappa shape index (κ3) is 4.40. The number of aliphatic hydroxyl groups excluding tert-OH is 1. The highest BCUT2D eigenvalue weighted by molar-refractivity contribution is 8.00. The Balaban J connectivity index is 2.68. The van der Waals surface area contributed by atoms with Gasteiger partial charge in [-0.25, -0.2) is 0 Å². The van der Waals surface area contributed by atoms with Gasteiger partial charge in [0.05, 0.1) is 18.4 Å². The monoisotopic (exact) mass is 264 g/mol. The van der Waals surface area contributed by atoms with Crippen molar-refractivity contribution in [3.05, 3.63) is 30.3 Å². The Morgan fingerprint density at radius 2 is 2.17 bits per heavy atom. The average Bonchev–Trinajstić information content (AvgIpc) is 2.42. The van der Waals surface area contributed by atoms with Crippen LogP contribution in [0.5, 0.6) is 0 Å². The fourth-order valence-corrected chi connectivity index (χ4v) is 2.03. The standard InChI is InChI=1S/C13H16N2O2S/c1-11(9-16)18-10-13(17)15(8-7-14)12-5-3-2-4-6-12/h2-6,11,16H,8-10H2,1H3. The molecule has 1 unspecified atom stereocenters. The van der Waals surface area contributed by atoms with Crippen molar-refractivity contribution in [2.75, 3.05) is 23.8 Å². The van der Waals surface area contributed by atoms with Gasteiger partial charge in [0.2, 0.25) is 5.91 Å². The van der Waals surface area contributed by atoms with Crippen molar-refractivity contribution < 1.29 is 9.90 Å². The number of para-hydroxylation sites is 1. The molecule has 0 heterocycles. The predicted octanol–water partition coefficient (Wildman–Crippen LogP) is 1.66. The summed E-state index contributed by atoms with van der Waals surface area (Å²) in [5.41, 5.74) is 0.723. The first-order valence-corrected chi connectivity index (χ1v) is 6.68. The molecule has 0 aromatic heterocycles. The van der Waals surface area contributed by atoms with Gasteiger partial charge in [0.25, 0.3) is 0 Å². The topological polar surface area (TPSA) is 64.3 Å². The van der Waals surface area contributed by atoms with Gasteiger partial charge in [-0.05, 0) is 12.1 Å². The van der Waals surface area contributed by atoms with Gasteiger partial charge in [0, 0.05) is 10.9 Å². The Morgan fingerprint density at radius 1 is 1.50 bits per heavy atom. The Kier molecular flexibility index (Phi) is 6.26. The van der Waals surface area contributed by atoms with E-state index in [2.05, 4.69) is 0 Å². The number of rotatable bonds is 6. The van der Waals surface area contributed by atoms with Gasteiger partial charge in [0.1, 0.15) is 6.54 Å². The summed E-state index contributed by atoms with van der Waals surface area (Å²) in [4.78, 5) is 13.5. The van der Waals surface area contributed by atoms with Crippen LogP contribution in [0.2, 0.25) is 0 Å². The molecule has 0 radical (unpaired) electrons. The number of thioether (sulfide) groups is 1. The average molecular weight is 264 g/mol. The Labute approximate surface area is 111 Å². The zero-order chi connectivity index (χ0) is 13.4. The SMILES string of the molecule is CC(CO)SCC(=O)N(CC#N)c1ccccc1. The van der Waals surface area contributed by atoms with E-state index in [0.717, 1.165) is 5.69 Å². The molecule has 96 valence electrons. The lowest BCUT2D eigenvalue weighted by molar-refractivity contribution is -0.116. The third-order valence-corrected chi connectivity index (χ3v) is 3.48. The number of carbonyl (C=O) groups excluding carboxylic acids is 1. The molecule has 0 spiro atoms. The predicted molar refractivity (Wildman–Crippen MR) is 73.4 cm³/mol. The van der Waals surface area contributed by atoms with E-state index >= 15 is 0 Å². The van der Waals surface area contributed by atoms with E-state index in [9.17, 15) is 4.79 Å². The number of aliphatic hydroxyl groups is 1. The minimum atomic E-state index is -0.118. The van der Waals surface area contributed by atoms with E-state index in [1.807, 2.05) is 31.2 Å². The molecule has 0 saturated heterocycles. The van der Waals surface area contributed by atoms with Gasteiger partial charge in [-0.15, -0.1) is 11.8 Å². The molecule has 1 rings (SSSR count). The van der Waals surface area contributed by atoms with E-state index in [1.54, 1.807) is 12.1 Å². The quantitative estimate of drug-likeness (QED) is 0.794. The summed E-state index contributed by atoms with van der Waals surface area (Å²) in [7, 11) is 0. The maximum Gasteiger partial charge on any atom is 0.237 e. The number of benzene rings is 1. The van der Waals surface area contributed by atoms with Gasteiger partial charge >= 0.3 is 0 Å². The molecular formula is C13H16N2O2S. The first kappa shape index (κ1) is 14.6. The van der Waals surface area contributed by atoms with Gasteiger partial charge in [-0.3, -0.25) is 9.69 Å². The lowest BCUT2D eigenvalue weighted by Crippen LogP contribution is -2.33. The van der Waals surface area contributed by atoms with Crippen molar-refractivity contribution in [1.82, 2.24) is 0 Å². The summed E-state index contributed by atoms with van der Waals surface area (Å²) >= 11 is 1.38. The molecule has 0 aliphatic rings. The molecule has 0 aliphatic carbocycles. The van der Waals surface area contributed by atoms with Crippen LogP contribution >= 0.6 is 11.8 Å². The molecule has 1 atom stereocenters. The van der Waals surface area contributed by atoms with Crippen molar-refractivity contribution in [3.8, 4) is 6.07 Å².